The minimum atomic E-state index is -4.14. The molecule has 2 aliphatic rings. The van der Waals surface area contributed by atoms with Crippen molar-refractivity contribution in [3.63, 3.8) is 0 Å². The third-order valence-electron chi connectivity index (χ3n) is 5.22. The largest absolute Gasteiger partial charge is 0.393 e. The average Bonchev–Trinajstić information content (AvgIpc) is 2.38. The van der Waals surface area contributed by atoms with Crippen LogP contribution >= 0.6 is 0 Å². The lowest BCUT2D eigenvalue weighted by molar-refractivity contribution is -0.210. The van der Waals surface area contributed by atoms with Gasteiger partial charge in [-0.15, -0.1) is 0 Å². The smallest absolute Gasteiger partial charge is 0.392 e. The zero-order chi connectivity index (χ0) is 14.0. The molecule has 2 saturated carbocycles. The number of alkyl halides is 3. The number of hydrogen-bond donors (Lipinski definition) is 1. The molecular weight excluding hydrogens is 253 g/mol. The molecule has 4 heteroatoms. The number of rotatable bonds is 2. The fraction of sp³-hybridized carbons (Fsp3) is 1.00. The molecule has 2 rings (SSSR count). The quantitative estimate of drug-likeness (QED) is 0.786. The van der Waals surface area contributed by atoms with Crippen molar-refractivity contribution in [1.82, 2.24) is 0 Å². The molecular formula is C15H25F3O. The zero-order valence-electron chi connectivity index (χ0n) is 11.6. The molecule has 112 valence electrons. The molecule has 3 unspecified atom stereocenters. The summed E-state index contributed by atoms with van der Waals surface area (Å²) in [6.45, 7) is 2.18. The molecule has 1 nitrogen and oxygen atoms in total. The summed E-state index contributed by atoms with van der Waals surface area (Å²) in [4.78, 5) is 0. The van der Waals surface area contributed by atoms with Gasteiger partial charge in [0.1, 0.15) is 0 Å². The normalized spacial score (nSPS) is 39.0. The van der Waals surface area contributed by atoms with Gasteiger partial charge in [-0.2, -0.15) is 13.2 Å². The molecule has 0 amide bonds. The summed E-state index contributed by atoms with van der Waals surface area (Å²) < 4.78 is 39.2. The Kier molecular flexibility index (Phi) is 4.80. The molecule has 0 radical (unpaired) electrons. The predicted molar refractivity (Wildman–Crippen MR) is 68.6 cm³/mol. The number of halogens is 3. The van der Waals surface area contributed by atoms with E-state index in [0.29, 0.717) is 18.8 Å². The first kappa shape index (κ1) is 15.1. The van der Waals surface area contributed by atoms with Crippen molar-refractivity contribution in [2.45, 2.75) is 70.6 Å². The molecule has 0 aromatic carbocycles. The Morgan fingerprint density at radius 3 is 2.11 bits per heavy atom. The van der Waals surface area contributed by atoms with E-state index in [-0.39, 0.29) is 12.3 Å². The maximum atomic E-state index is 13.1. The molecule has 0 saturated heterocycles. The van der Waals surface area contributed by atoms with E-state index in [1.54, 1.807) is 0 Å². The van der Waals surface area contributed by atoms with Gasteiger partial charge in [0.15, 0.2) is 0 Å². The molecule has 0 heterocycles. The Hall–Kier alpha value is -0.250. The number of aliphatic hydroxyl groups excluding tert-OH is 1. The molecule has 0 aromatic heterocycles. The van der Waals surface area contributed by atoms with Crippen LogP contribution in [0.25, 0.3) is 0 Å². The Bertz CT molecular complexity index is 282. The van der Waals surface area contributed by atoms with Gasteiger partial charge in [-0.05, 0) is 43.4 Å². The van der Waals surface area contributed by atoms with E-state index in [1.165, 1.54) is 0 Å². The van der Waals surface area contributed by atoms with Crippen molar-refractivity contribution < 1.29 is 18.3 Å². The van der Waals surface area contributed by atoms with Crippen LogP contribution in [0.4, 0.5) is 13.2 Å². The molecule has 0 spiro atoms. The van der Waals surface area contributed by atoms with Gasteiger partial charge in [-0.25, -0.2) is 0 Å². The maximum absolute atomic E-state index is 13.1. The highest BCUT2D eigenvalue weighted by Gasteiger charge is 2.48. The second-order valence-electron chi connectivity index (χ2n) is 6.61. The highest BCUT2D eigenvalue weighted by molar-refractivity contribution is 4.89. The first-order chi connectivity index (χ1) is 8.89. The standard InChI is InChI=1S/C15H25F3O/c1-10-6-8-11(9-7-10)14(19)12-4-2-3-5-13(12)15(16,17)18/h10-14,19H,2-9H2,1H3. The van der Waals surface area contributed by atoms with Gasteiger partial charge in [0, 0.05) is 0 Å². The van der Waals surface area contributed by atoms with Crippen molar-refractivity contribution in [2.24, 2.45) is 23.7 Å². The lowest BCUT2D eigenvalue weighted by Gasteiger charge is -2.40. The Balaban J connectivity index is 2.01. The molecule has 0 aromatic rings. The highest BCUT2D eigenvalue weighted by atomic mass is 19.4. The van der Waals surface area contributed by atoms with Crippen molar-refractivity contribution in [3.05, 3.63) is 0 Å². The second-order valence-corrected chi connectivity index (χ2v) is 6.61. The van der Waals surface area contributed by atoms with Gasteiger partial charge in [0.05, 0.1) is 12.0 Å². The summed E-state index contributed by atoms with van der Waals surface area (Å²) in [5, 5.41) is 10.4. The monoisotopic (exact) mass is 278 g/mol. The summed E-state index contributed by atoms with van der Waals surface area (Å²) in [5.74, 6) is -1.10. The topological polar surface area (TPSA) is 20.2 Å². The minimum Gasteiger partial charge on any atom is -0.393 e. The van der Waals surface area contributed by atoms with E-state index >= 15 is 0 Å². The van der Waals surface area contributed by atoms with Crippen LogP contribution in [0.1, 0.15) is 58.3 Å². The molecule has 19 heavy (non-hydrogen) atoms. The van der Waals surface area contributed by atoms with E-state index in [2.05, 4.69) is 6.92 Å². The van der Waals surface area contributed by atoms with Gasteiger partial charge < -0.3 is 5.11 Å². The highest BCUT2D eigenvalue weighted by Crippen LogP contribution is 2.46. The van der Waals surface area contributed by atoms with Crippen molar-refractivity contribution in [2.75, 3.05) is 0 Å². The van der Waals surface area contributed by atoms with Crippen molar-refractivity contribution in [3.8, 4) is 0 Å². The maximum Gasteiger partial charge on any atom is 0.392 e. The molecule has 3 atom stereocenters. The zero-order valence-corrected chi connectivity index (χ0v) is 11.6. The predicted octanol–water partition coefficient (Wildman–Crippen LogP) is 4.54. The molecule has 0 bridgehead atoms. The summed E-state index contributed by atoms with van der Waals surface area (Å²) in [6.07, 6.45) is 1.20. The van der Waals surface area contributed by atoms with Gasteiger partial charge in [-0.3, -0.25) is 0 Å². The third kappa shape index (κ3) is 3.65. The summed E-state index contributed by atoms with van der Waals surface area (Å²) in [7, 11) is 0. The Morgan fingerprint density at radius 1 is 0.947 bits per heavy atom. The van der Waals surface area contributed by atoms with Crippen LogP contribution in [0.15, 0.2) is 0 Å². The first-order valence-electron chi connectivity index (χ1n) is 7.64. The van der Waals surface area contributed by atoms with Crippen molar-refractivity contribution in [1.29, 1.82) is 0 Å². The van der Waals surface area contributed by atoms with Crippen molar-refractivity contribution >= 4 is 0 Å². The van der Waals surface area contributed by atoms with Crippen LogP contribution in [0.2, 0.25) is 0 Å². The lowest BCUT2D eigenvalue weighted by atomic mass is 9.69. The fourth-order valence-corrected chi connectivity index (χ4v) is 3.95. The lowest BCUT2D eigenvalue weighted by Crippen LogP contribution is -2.43. The second kappa shape index (κ2) is 6.02. The minimum absolute atomic E-state index is 0.0872. The molecule has 2 aliphatic carbocycles. The summed E-state index contributed by atoms with van der Waals surface area (Å²) >= 11 is 0. The van der Waals surface area contributed by atoms with Gasteiger partial charge in [0.2, 0.25) is 0 Å². The van der Waals surface area contributed by atoms with Crippen LogP contribution in [0, 0.1) is 23.7 Å². The Labute approximate surface area is 113 Å². The van der Waals surface area contributed by atoms with E-state index in [4.69, 9.17) is 0 Å². The van der Waals surface area contributed by atoms with E-state index in [1.807, 2.05) is 0 Å². The fourth-order valence-electron chi connectivity index (χ4n) is 3.95. The van der Waals surface area contributed by atoms with Gasteiger partial charge in [-0.1, -0.05) is 32.6 Å². The number of hydrogen-bond acceptors (Lipinski definition) is 1. The summed E-state index contributed by atoms with van der Waals surface area (Å²) in [6, 6.07) is 0. The molecule has 2 fully saturated rings. The molecule has 0 aliphatic heterocycles. The van der Waals surface area contributed by atoms with Crippen LogP contribution in [0.5, 0.6) is 0 Å². The van der Waals surface area contributed by atoms with Crippen LogP contribution in [-0.2, 0) is 0 Å². The van der Waals surface area contributed by atoms with Gasteiger partial charge in [0.25, 0.3) is 0 Å². The van der Waals surface area contributed by atoms with E-state index in [0.717, 1.165) is 32.1 Å². The first-order valence-corrected chi connectivity index (χ1v) is 7.64. The van der Waals surface area contributed by atoms with Crippen LogP contribution < -0.4 is 0 Å². The summed E-state index contributed by atoms with van der Waals surface area (Å²) in [5.41, 5.74) is 0. The van der Waals surface area contributed by atoms with E-state index < -0.39 is 24.1 Å². The van der Waals surface area contributed by atoms with Crippen LogP contribution in [-0.4, -0.2) is 17.4 Å². The SMILES string of the molecule is CC1CCC(C(O)C2CCCCC2C(F)(F)F)CC1. The number of aliphatic hydroxyl groups is 1. The Morgan fingerprint density at radius 2 is 1.53 bits per heavy atom. The van der Waals surface area contributed by atoms with Crippen LogP contribution in [0.3, 0.4) is 0 Å². The van der Waals surface area contributed by atoms with E-state index in [9.17, 15) is 18.3 Å². The van der Waals surface area contributed by atoms with Gasteiger partial charge >= 0.3 is 6.18 Å². The third-order valence-corrected chi connectivity index (χ3v) is 5.22. The average molecular weight is 278 g/mol. The molecule has 1 N–H and O–H groups in total.